The van der Waals surface area contributed by atoms with E-state index in [9.17, 15) is 4.79 Å². The van der Waals surface area contributed by atoms with E-state index in [4.69, 9.17) is 39.9 Å². The minimum absolute atomic E-state index is 0. The van der Waals surface area contributed by atoms with Crippen LogP contribution in [0.3, 0.4) is 0 Å². The SMILES string of the molecule is O=C(O)OC(Cl)(Cl)Cl.[CaH2]. The van der Waals surface area contributed by atoms with Gasteiger partial charge in [-0.2, -0.15) is 0 Å². The van der Waals surface area contributed by atoms with E-state index in [0.717, 1.165) is 0 Å². The second kappa shape index (κ2) is 5.10. The monoisotopic (exact) mass is 220 g/mol. The first-order chi connectivity index (χ1) is 3.42. The summed E-state index contributed by atoms with van der Waals surface area (Å²) in [5.41, 5.74) is 0. The van der Waals surface area contributed by atoms with Crippen molar-refractivity contribution < 1.29 is 14.6 Å². The Bertz CT molecular complexity index is 99.7. The third kappa shape index (κ3) is 12.6. The number of carboxylic acid groups (broad SMARTS) is 1. The molecule has 0 spiro atoms. The maximum atomic E-state index is 9.54. The Hall–Kier alpha value is 1.40. The van der Waals surface area contributed by atoms with Crippen LogP contribution in [0.2, 0.25) is 0 Å². The molecule has 9 heavy (non-hydrogen) atoms. The molecule has 0 radical (unpaired) electrons. The molecule has 0 bridgehead atoms. The van der Waals surface area contributed by atoms with Crippen molar-refractivity contribution in [2.24, 2.45) is 0 Å². The number of ether oxygens (including phenoxy) is 1. The van der Waals surface area contributed by atoms with Crippen LogP contribution in [0.1, 0.15) is 0 Å². The van der Waals surface area contributed by atoms with Gasteiger partial charge in [-0.15, -0.1) is 0 Å². The summed E-state index contributed by atoms with van der Waals surface area (Å²) in [4.78, 5) is 9.54. The van der Waals surface area contributed by atoms with E-state index in [1.165, 1.54) is 0 Å². The molecule has 0 fully saturated rings. The van der Waals surface area contributed by atoms with Crippen molar-refractivity contribution in [1.82, 2.24) is 0 Å². The van der Waals surface area contributed by atoms with E-state index in [1.807, 2.05) is 0 Å². The molecule has 0 amide bonds. The van der Waals surface area contributed by atoms with Crippen LogP contribution in [0.4, 0.5) is 4.79 Å². The Morgan fingerprint density at radius 2 is 1.78 bits per heavy atom. The number of hydrogen-bond donors (Lipinski definition) is 1. The van der Waals surface area contributed by atoms with Crippen LogP contribution in [0.5, 0.6) is 0 Å². The van der Waals surface area contributed by atoms with E-state index in [1.54, 1.807) is 0 Å². The molecule has 0 aromatic carbocycles. The summed E-state index contributed by atoms with van der Waals surface area (Å²) in [6.07, 6.45) is -1.62. The van der Waals surface area contributed by atoms with Crippen LogP contribution in [-0.4, -0.2) is 53.0 Å². The fourth-order valence-electron chi connectivity index (χ4n) is 0.0990. The first kappa shape index (κ1) is 13.0. The van der Waals surface area contributed by atoms with Gasteiger partial charge >= 0.3 is 47.9 Å². The van der Waals surface area contributed by atoms with Crippen LogP contribution in [0, 0.1) is 0 Å². The Kier molecular flexibility index (Phi) is 7.38. The Morgan fingerprint density at radius 3 is 1.78 bits per heavy atom. The first-order valence-electron chi connectivity index (χ1n) is 1.40. The van der Waals surface area contributed by atoms with Gasteiger partial charge in [0.15, 0.2) is 0 Å². The molecule has 0 saturated heterocycles. The number of carbonyl (C=O) groups is 1. The van der Waals surface area contributed by atoms with E-state index in [-0.39, 0.29) is 37.7 Å². The number of halogens is 3. The Balaban J connectivity index is 0. The molecular formula is C2H3CaCl3O3. The van der Waals surface area contributed by atoms with Crippen molar-refractivity contribution >= 4 is 78.7 Å². The minimum atomic E-state index is -2.16. The molecular weight excluding hydrogens is 218 g/mol. The average Bonchev–Trinajstić information content (AvgIpc) is 1.21. The van der Waals surface area contributed by atoms with Gasteiger partial charge in [-0.25, -0.2) is 4.79 Å². The van der Waals surface area contributed by atoms with E-state index in [2.05, 4.69) is 4.74 Å². The van der Waals surface area contributed by atoms with Crippen LogP contribution >= 0.6 is 34.8 Å². The van der Waals surface area contributed by atoms with Crippen molar-refractivity contribution in [2.75, 3.05) is 0 Å². The number of hydrogen-bond acceptors (Lipinski definition) is 2. The zero-order chi connectivity index (χ0) is 6.78. The normalized spacial score (nSPS) is 9.67. The number of rotatable bonds is 0. The number of alkyl halides is 3. The molecule has 0 atom stereocenters. The molecule has 7 heteroatoms. The Morgan fingerprint density at radius 1 is 1.44 bits per heavy atom. The van der Waals surface area contributed by atoms with Gasteiger partial charge in [0.05, 0.1) is 0 Å². The van der Waals surface area contributed by atoms with Gasteiger partial charge < -0.3 is 9.84 Å². The summed E-state index contributed by atoms with van der Waals surface area (Å²) >= 11 is 14.6. The molecule has 0 rings (SSSR count). The van der Waals surface area contributed by atoms with Crippen molar-refractivity contribution in [3.05, 3.63) is 0 Å². The summed E-state index contributed by atoms with van der Waals surface area (Å²) in [6, 6.07) is 0. The molecule has 0 aromatic heterocycles. The molecule has 1 N–H and O–H groups in total. The second-order valence-corrected chi connectivity index (χ2v) is 2.99. The quantitative estimate of drug-likeness (QED) is 0.378. The third-order valence-electron chi connectivity index (χ3n) is 0.203. The summed E-state index contributed by atoms with van der Waals surface area (Å²) in [5.74, 6) is 0. The molecule has 0 heterocycles. The van der Waals surface area contributed by atoms with Crippen LogP contribution in [0.25, 0.3) is 0 Å². The maximum absolute atomic E-state index is 9.54. The van der Waals surface area contributed by atoms with Crippen LogP contribution in [0.15, 0.2) is 0 Å². The topological polar surface area (TPSA) is 46.5 Å². The van der Waals surface area contributed by atoms with E-state index >= 15 is 0 Å². The Labute approximate surface area is 96.2 Å². The van der Waals surface area contributed by atoms with Gasteiger partial charge in [-0.3, -0.25) is 0 Å². The van der Waals surface area contributed by atoms with Gasteiger partial charge in [0.25, 0.3) is 0 Å². The third-order valence-corrected chi connectivity index (χ3v) is 0.434. The molecule has 52 valence electrons. The zero-order valence-corrected chi connectivity index (χ0v) is 5.67. The van der Waals surface area contributed by atoms with E-state index in [0.29, 0.717) is 0 Å². The van der Waals surface area contributed by atoms with Gasteiger partial charge in [0.1, 0.15) is 0 Å². The van der Waals surface area contributed by atoms with Gasteiger partial charge in [-0.1, -0.05) is 0 Å². The molecule has 0 aliphatic carbocycles. The molecule has 0 aliphatic heterocycles. The van der Waals surface area contributed by atoms with Crippen molar-refractivity contribution in [1.29, 1.82) is 0 Å². The second-order valence-electron chi connectivity index (χ2n) is 0.814. The molecule has 0 aliphatic rings. The molecule has 0 saturated carbocycles. The van der Waals surface area contributed by atoms with Gasteiger partial charge in [-0.05, 0) is 34.8 Å². The van der Waals surface area contributed by atoms with Crippen molar-refractivity contribution in [3.63, 3.8) is 0 Å². The van der Waals surface area contributed by atoms with Crippen LogP contribution in [-0.2, 0) is 4.74 Å². The average molecular weight is 221 g/mol. The molecule has 0 aromatic rings. The predicted molar refractivity (Wildman–Crippen MR) is 37.9 cm³/mol. The van der Waals surface area contributed by atoms with Crippen LogP contribution < -0.4 is 0 Å². The fourth-order valence-corrected chi connectivity index (χ4v) is 0.297. The molecule has 0 unspecified atom stereocenters. The van der Waals surface area contributed by atoms with Crippen molar-refractivity contribution in [2.45, 2.75) is 3.98 Å². The summed E-state index contributed by atoms with van der Waals surface area (Å²) in [7, 11) is 0. The first-order valence-corrected chi connectivity index (χ1v) is 2.54. The van der Waals surface area contributed by atoms with Gasteiger partial charge in [0.2, 0.25) is 0 Å². The summed E-state index contributed by atoms with van der Waals surface area (Å²) in [5, 5.41) is 7.77. The van der Waals surface area contributed by atoms with Gasteiger partial charge in [0, 0.05) is 0 Å². The fraction of sp³-hybridized carbons (Fsp3) is 0.500. The van der Waals surface area contributed by atoms with E-state index < -0.39 is 10.1 Å². The summed E-state index contributed by atoms with van der Waals surface area (Å²) in [6.45, 7) is 0. The molecule has 3 nitrogen and oxygen atoms in total. The predicted octanol–water partition coefficient (Wildman–Crippen LogP) is 1.09. The summed E-state index contributed by atoms with van der Waals surface area (Å²) < 4.78 is 1.49. The standard InChI is InChI=1S/C2HCl3O3.Ca.2H/c3-2(4,5)8-1(6)7;;;/h(H,6,7);;;. The zero-order valence-electron chi connectivity index (χ0n) is 3.40. The van der Waals surface area contributed by atoms with Crippen molar-refractivity contribution in [3.8, 4) is 0 Å².